The lowest BCUT2D eigenvalue weighted by Crippen LogP contribution is -2.36. The van der Waals surface area contributed by atoms with Crippen molar-refractivity contribution in [2.24, 2.45) is 12.0 Å². The Labute approximate surface area is 153 Å². The number of ether oxygens (including phenoxy) is 1. The predicted molar refractivity (Wildman–Crippen MR) is 101 cm³/mol. The monoisotopic (exact) mass is 430 g/mol. The van der Waals surface area contributed by atoms with E-state index >= 15 is 0 Å². The summed E-state index contributed by atoms with van der Waals surface area (Å²) < 4.78 is 7.34. The first-order chi connectivity index (χ1) is 10.7. The van der Waals surface area contributed by atoms with E-state index in [-0.39, 0.29) is 24.0 Å². The number of hydrogen-bond donors (Lipinski definition) is 2. The second-order valence-electron chi connectivity index (χ2n) is 4.63. The zero-order chi connectivity index (χ0) is 15.8. The summed E-state index contributed by atoms with van der Waals surface area (Å²) in [6.45, 7) is 3.79. The van der Waals surface area contributed by atoms with Crippen LogP contribution in [-0.4, -0.2) is 34.4 Å². The van der Waals surface area contributed by atoms with E-state index < -0.39 is 0 Å². The number of rotatable bonds is 6. The third-order valence-electron chi connectivity index (χ3n) is 3.16. The average molecular weight is 430 g/mol. The molecule has 2 N–H and O–H groups in total. The lowest BCUT2D eigenvalue weighted by molar-refractivity contribution is 0.322. The molecule has 2 heterocycles. The van der Waals surface area contributed by atoms with Gasteiger partial charge in [-0.1, -0.05) is 6.07 Å². The van der Waals surface area contributed by atoms with Gasteiger partial charge in [-0.3, -0.25) is 9.67 Å². The second-order valence-corrected chi connectivity index (χ2v) is 4.63. The molecule has 0 aromatic carbocycles. The second kappa shape index (κ2) is 10.0. The van der Waals surface area contributed by atoms with Crippen LogP contribution in [0.5, 0.6) is 5.88 Å². The lowest BCUT2D eigenvalue weighted by atomic mass is 10.2. The maximum absolute atomic E-state index is 5.51. The molecule has 0 unspecified atom stereocenters. The quantitative estimate of drug-likeness (QED) is 0.415. The Balaban J connectivity index is 0.00000264. The van der Waals surface area contributed by atoms with Crippen LogP contribution in [-0.2, 0) is 20.1 Å². The molecule has 0 fully saturated rings. The molecule has 0 aliphatic carbocycles. The summed E-state index contributed by atoms with van der Waals surface area (Å²) in [7, 11) is 3.66. The Morgan fingerprint density at radius 3 is 2.70 bits per heavy atom. The summed E-state index contributed by atoms with van der Waals surface area (Å²) in [6, 6.07) is 5.85. The number of aryl methyl sites for hydroxylation is 1. The maximum atomic E-state index is 5.51. The topological polar surface area (TPSA) is 76.4 Å². The summed E-state index contributed by atoms with van der Waals surface area (Å²) in [6.07, 6.45) is 3.50. The van der Waals surface area contributed by atoms with Crippen molar-refractivity contribution < 1.29 is 4.74 Å². The number of hydrogen-bond acceptors (Lipinski definition) is 4. The first kappa shape index (κ1) is 19.2. The fourth-order valence-corrected chi connectivity index (χ4v) is 1.97. The van der Waals surface area contributed by atoms with E-state index in [2.05, 4.69) is 25.7 Å². The minimum absolute atomic E-state index is 0. The number of aliphatic imine (C=N–C) groups is 1. The van der Waals surface area contributed by atoms with Crippen molar-refractivity contribution in [1.29, 1.82) is 0 Å². The molecule has 0 bridgehead atoms. The molecule has 0 atom stereocenters. The summed E-state index contributed by atoms with van der Waals surface area (Å²) >= 11 is 0. The van der Waals surface area contributed by atoms with Crippen LogP contribution < -0.4 is 15.4 Å². The zero-order valence-electron chi connectivity index (χ0n) is 13.6. The molecule has 126 valence electrons. The van der Waals surface area contributed by atoms with Gasteiger partial charge in [0, 0.05) is 38.6 Å². The van der Waals surface area contributed by atoms with Gasteiger partial charge in [-0.05, 0) is 19.1 Å². The third-order valence-corrected chi connectivity index (χ3v) is 3.16. The molecule has 0 aliphatic rings. The molecule has 0 spiro atoms. The molecule has 2 aromatic heterocycles. The van der Waals surface area contributed by atoms with Crippen molar-refractivity contribution in [3.63, 3.8) is 0 Å². The van der Waals surface area contributed by atoms with E-state index in [9.17, 15) is 0 Å². The van der Waals surface area contributed by atoms with Gasteiger partial charge in [0.2, 0.25) is 5.88 Å². The van der Waals surface area contributed by atoms with Crippen molar-refractivity contribution in [1.82, 2.24) is 25.4 Å². The smallest absolute Gasteiger partial charge is 0.218 e. The first-order valence-corrected chi connectivity index (χ1v) is 7.22. The van der Waals surface area contributed by atoms with Crippen LogP contribution in [0.1, 0.15) is 18.2 Å². The Morgan fingerprint density at radius 1 is 1.26 bits per heavy atom. The van der Waals surface area contributed by atoms with Crippen LogP contribution >= 0.6 is 24.0 Å². The molecule has 0 aliphatic heterocycles. The van der Waals surface area contributed by atoms with E-state index in [4.69, 9.17) is 4.74 Å². The van der Waals surface area contributed by atoms with Crippen molar-refractivity contribution in [2.75, 3.05) is 13.7 Å². The van der Waals surface area contributed by atoms with Gasteiger partial charge in [-0.2, -0.15) is 5.10 Å². The molecule has 8 heteroatoms. The van der Waals surface area contributed by atoms with Crippen molar-refractivity contribution in [2.45, 2.75) is 20.0 Å². The molecular formula is C15H23IN6O. The molecule has 0 radical (unpaired) electrons. The number of nitrogens with one attached hydrogen (secondary N) is 2. The highest BCUT2D eigenvalue weighted by Crippen LogP contribution is 2.13. The molecule has 2 rings (SSSR count). The van der Waals surface area contributed by atoms with Crippen molar-refractivity contribution >= 4 is 29.9 Å². The molecule has 0 saturated carbocycles. The van der Waals surface area contributed by atoms with Crippen LogP contribution in [0.2, 0.25) is 0 Å². The van der Waals surface area contributed by atoms with Crippen LogP contribution in [0.15, 0.2) is 35.6 Å². The fraction of sp³-hybridized carbons (Fsp3) is 0.400. The molecule has 0 amide bonds. The van der Waals surface area contributed by atoms with Crippen molar-refractivity contribution in [3.05, 3.63) is 41.9 Å². The normalized spacial score (nSPS) is 10.8. The minimum Gasteiger partial charge on any atom is -0.478 e. The Bertz CT molecular complexity index is 628. The number of nitrogens with zero attached hydrogens (tertiary/aromatic N) is 4. The van der Waals surface area contributed by atoms with Gasteiger partial charge in [0.15, 0.2) is 5.96 Å². The van der Waals surface area contributed by atoms with Crippen LogP contribution in [0.4, 0.5) is 0 Å². The summed E-state index contributed by atoms with van der Waals surface area (Å²) in [5.74, 6) is 1.37. The van der Waals surface area contributed by atoms with Gasteiger partial charge in [-0.25, -0.2) is 4.98 Å². The molecule has 2 aromatic rings. The SMILES string of the molecule is CCOc1ncccc1CNC(=NC)NCc1ccnn1C.I. The number of pyridine rings is 1. The van der Waals surface area contributed by atoms with Crippen molar-refractivity contribution in [3.8, 4) is 5.88 Å². The summed E-state index contributed by atoms with van der Waals surface area (Å²) in [5, 5.41) is 10.6. The zero-order valence-corrected chi connectivity index (χ0v) is 15.9. The molecule has 0 saturated heterocycles. The highest BCUT2D eigenvalue weighted by Gasteiger charge is 2.06. The van der Waals surface area contributed by atoms with E-state index in [1.807, 2.05) is 36.9 Å². The average Bonchev–Trinajstić information content (AvgIpc) is 2.94. The minimum atomic E-state index is 0. The largest absolute Gasteiger partial charge is 0.478 e. The number of halogens is 1. The maximum Gasteiger partial charge on any atom is 0.218 e. The first-order valence-electron chi connectivity index (χ1n) is 7.22. The van der Waals surface area contributed by atoms with Gasteiger partial charge in [-0.15, -0.1) is 24.0 Å². The van der Waals surface area contributed by atoms with E-state index in [0.717, 1.165) is 11.3 Å². The standard InChI is InChI=1S/C15H22N6O.HI/c1-4-22-14-12(6-5-8-17-14)10-18-15(16-2)19-11-13-7-9-20-21(13)3;/h5-9H,4,10-11H2,1-3H3,(H2,16,18,19);1H. The molecule has 7 nitrogen and oxygen atoms in total. The van der Waals surface area contributed by atoms with Gasteiger partial charge in [0.05, 0.1) is 18.8 Å². The third kappa shape index (κ3) is 5.70. The van der Waals surface area contributed by atoms with E-state index in [1.54, 1.807) is 19.4 Å². The summed E-state index contributed by atoms with van der Waals surface area (Å²) in [4.78, 5) is 8.45. The highest BCUT2D eigenvalue weighted by molar-refractivity contribution is 14.0. The van der Waals surface area contributed by atoms with Gasteiger partial charge in [0.1, 0.15) is 0 Å². The van der Waals surface area contributed by atoms with Crippen LogP contribution in [0.25, 0.3) is 0 Å². The van der Waals surface area contributed by atoms with E-state index in [0.29, 0.717) is 31.5 Å². The van der Waals surface area contributed by atoms with Gasteiger partial charge >= 0.3 is 0 Å². The van der Waals surface area contributed by atoms with Gasteiger partial charge in [0.25, 0.3) is 0 Å². The summed E-state index contributed by atoms with van der Waals surface area (Å²) in [5.41, 5.74) is 2.08. The highest BCUT2D eigenvalue weighted by atomic mass is 127. The Hall–Kier alpha value is -1.84. The van der Waals surface area contributed by atoms with Gasteiger partial charge < -0.3 is 15.4 Å². The molecule has 23 heavy (non-hydrogen) atoms. The number of aromatic nitrogens is 3. The van der Waals surface area contributed by atoms with E-state index in [1.165, 1.54) is 0 Å². The Kier molecular flexibility index (Phi) is 8.38. The predicted octanol–water partition coefficient (Wildman–Crippen LogP) is 1.70. The number of guanidine groups is 1. The Morgan fingerprint density at radius 2 is 2.04 bits per heavy atom. The van der Waals surface area contributed by atoms with Crippen LogP contribution in [0.3, 0.4) is 0 Å². The molecular weight excluding hydrogens is 407 g/mol. The van der Waals surface area contributed by atoms with Crippen LogP contribution in [0, 0.1) is 0 Å². The lowest BCUT2D eigenvalue weighted by Gasteiger charge is -2.13. The fourth-order valence-electron chi connectivity index (χ4n) is 1.97.